The molecule has 0 aliphatic heterocycles. The van der Waals surface area contributed by atoms with Crippen LogP contribution in [0.15, 0.2) is 24.4 Å². The van der Waals surface area contributed by atoms with E-state index in [0.29, 0.717) is 5.69 Å². The first-order valence-electron chi connectivity index (χ1n) is 5.47. The fraction of sp³-hybridized carbons (Fsp3) is 0.231. The highest BCUT2D eigenvalue weighted by Crippen LogP contribution is 2.18. The summed E-state index contributed by atoms with van der Waals surface area (Å²) >= 11 is 0. The Bertz CT molecular complexity index is 558. The minimum absolute atomic E-state index is 0.159. The van der Waals surface area contributed by atoms with Crippen molar-refractivity contribution in [2.75, 3.05) is 5.32 Å². The molecule has 1 aromatic carbocycles. The summed E-state index contributed by atoms with van der Waals surface area (Å²) in [5.74, 6) is -0.159. The quantitative estimate of drug-likeness (QED) is 0.831. The van der Waals surface area contributed by atoms with Crippen LogP contribution < -0.4 is 5.32 Å². The Kier molecular flexibility index (Phi) is 2.95. The number of H-pyrrole nitrogens is 1. The van der Waals surface area contributed by atoms with E-state index in [1.54, 1.807) is 6.20 Å². The molecule has 1 heterocycles. The fourth-order valence-corrected chi connectivity index (χ4v) is 1.65. The molecule has 88 valence electrons. The lowest BCUT2D eigenvalue weighted by molar-refractivity contribution is 0.102. The van der Waals surface area contributed by atoms with Gasteiger partial charge < -0.3 is 5.32 Å². The van der Waals surface area contributed by atoms with E-state index < -0.39 is 0 Å². The molecule has 0 fully saturated rings. The lowest BCUT2D eigenvalue weighted by Crippen LogP contribution is -2.14. The minimum Gasteiger partial charge on any atom is -0.320 e. The standard InChI is InChI=1S/C13H15N3O/c1-8-5-4-6-11(10(8)3)15-13(17)12-9(2)7-14-16-12/h4-7H,1-3H3,(H,14,16)(H,15,17). The number of hydrogen-bond donors (Lipinski definition) is 2. The molecule has 0 unspecified atom stereocenters. The summed E-state index contributed by atoms with van der Waals surface area (Å²) in [4.78, 5) is 12.0. The van der Waals surface area contributed by atoms with Crippen LogP contribution in [-0.4, -0.2) is 16.1 Å². The van der Waals surface area contributed by atoms with E-state index in [2.05, 4.69) is 15.5 Å². The van der Waals surface area contributed by atoms with Crippen LogP contribution in [0.4, 0.5) is 5.69 Å². The van der Waals surface area contributed by atoms with Crippen LogP contribution in [0.5, 0.6) is 0 Å². The van der Waals surface area contributed by atoms with Crippen molar-refractivity contribution in [1.29, 1.82) is 0 Å². The van der Waals surface area contributed by atoms with Gasteiger partial charge in [-0.2, -0.15) is 5.10 Å². The number of aromatic nitrogens is 2. The molecule has 2 N–H and O–H groups in total. The third-order valence-corrected chi connectivity index (χ3v) is 2.91. The van der Waals surface area contributed by atoms with Crippen molar-refractivity contribution in [3.8, 4) is 0 Å². The molecule has 0 spiro atoms. The largest absolute Gasteiger partial charge is 0.320 e. The molecule has 0 bridgehead atoms. The normalized spacial score (nSPS) is 10.3. The number of rotatable bonds is 2. The third-order valence-electron chi connectivity index (χ3n) is 2.91. The van der Waals surface area contributed by atoms with E-state index in [-0.39, 0.29) is 5.91 Å². The van der Waals surface area contributed by atoms with E-state index >= 15 is 0 Å². The first-order valence-corrected chi connectivity index (χ1v) is 5.47. The average Bonchev–Trinajstić information content (AvgIpc) is 2.71. The Morgan fingerprint density at radius 3 is 2.65 bits per heavy atom. The number of hydrogen-bond acceptors (Lipinski definition) is 2. The second kappa shape index (κ2) is 4.41. The first-order chi connectivity index (χ1) is 8.09. The van der Waals surface area contributed by atoms with Gasteiger partial charge in [-0.05, 0) is 43.5 Å². The van der Waals surface area contributed by atoms with Crippen molar-refractivity contribution in [1.82, 2.24) is 10.2 Å². The number of carbonyl (C=O) groups excluding carboxylic acids is 1. The number of nitrogens with one attached hydrogen (secondary N) is 2. The number of aromatic amines is 1. The molecule has 4 heteroatoms. The van der Waals surface area contributed by atoms with Gasteiger partial charge in [-0.15, -0.1) is 0 Å². The van der Waals surface area contributed by atoms with Gasteiger partial charge in [0.1, 0.15) is 5.69 Å². The van der Waals surface area contributed by atoms with Crippen molar-refractivity contribution in [3.63, 3.8) is 0 Å². The van der Waals surface area contributed by atoms with Gasteiger partial charge in [0.05, 0.1) is 6.20 Å². The summed E-state index contributed by atoms with van der Waals surface area (Å²) in [6.07, 6.45) is 1.64. The van der Waals surface area contributed by atoms with E-state index in [9.17, 15) is 4.79 Å². The minimum atomic E-state index is -0.159. The molecule has 17 heavy (non-hydrogen) atoms. The number of anilines is 1. The number of nitrogens with zero attached hydrogens (tertiary/aromatic N) is 1. The van der Waals surface area contributed by atoms with Crippen LogP contribution in [0, 0.1) is 20.8 Å². The molecule has 2 aromatic rings. The SMILES string of the molecule is Cc1cn[nH]c1C(=O)Nc1cccc(C)c1C. The van der Waals surface area contributed by atoms with Crippen molar-refractivity contribution >= 4 is 11.6 Å². The van der Waals surface area contributed by atoms with Crippen molar-refractivity contribution in [2.45, 2.75) is 20.8 Å². The summed E-state index contributed by atoms with van der Waals surface area (Å²) < 4.78 is 0. The molecule has 1 aromatic heterocycles. The monoisotopic (exact) mass is 229 g/mol. The van der Waals surface area contributed by atoms with Gasteiger partial charge in [0, 0.05) is 5.69 Å². The van der Waals surface area contributed by atoms with Crippen LogP contribution in [0.1, 0.15) is 27.2 Å². The van der Waals surface area contributed by atoms with Crippen LogP contribution in [0.25, 0.3) is 0 Å². The summed E-state index contributed by atoms with van der Waals surface area (Å²) in [5.41, 5.74) is 4.42. The van der Waals surface area contributed by atoms with Crippen molar-refractivity contribution in [3.05, 3.63) is 46.8 Å². The predicted octanol–water partition coefficient (Wildman–Crippen LogP) is 2.59. The first kappa shape index (κ1) is 11.4. The molecular weight excluding hydrogens is 214 g/mol. The third kappa shape index (κ3) is 2.20. The van der Waals surface area contributed by atoms with Gasteiger partial charge in [-0.3, -0.25) is 9.89 Å². The highest BCUT2D eigenvalue weighted by Gasteiger charge is 2.12. The average molecular weight is 229 g/mol. The Balaban J connectivity index is 2.25. The van der Waals surface area contributed by atoms with Gasteiger partial charge >= 0.3 is 0 Å². The zero-order valence-corrected chi connectivity index (χ0v) is 10.2. The molecule has 0 radical (unpaired) electrons. The van der Waals surface area contributed by atoms with Crippen LogP contribution in [0.2, 0.25) is 0 Å². The number of carbonyl (C=O) groups is 1. The molecule has 0 aliphatic rings. The maximum atomic E-state index is 12.0. The van der Waals surface area contributed by atoms with Crippen LogP contribution in [-0.2, 0) is 0 Å². The lowest BCUT2D eigenvalue weighted by atomic mass is 10.1. The Labute approximate surface area is 100 Å². The zero-order chi connectivity index (χ0) is 12.4. The van der Waals surface area contributed by atoms with E-state index in [0.717, 1.165) is 22.4 Å². The van der Waals surface area contributed by atoms with Gasteiger partial charge in [0.2, 0.25) is 0 Å². The second-order valence-corrected chi connectivity index (χ2v) is 4.13. The van der Waals surface area contributed by atoms with Gasteiger partial charge in [0.15, 0.2) is 0 Å². The smallest absolute Gasteiger partial charge is 0.273 e. The molecule has 1 amide bonds. The van der Waals surface area contributed by atoms with Gasteiger partial charge in [-0.25, -0.2) is 0 Å². The summed E-state index contributed by atoms with van der Waals surface area (Å²) in [6, 6.07) is 5.84. The highest BCUT2D eigenvalue weighted by atomic mass is 16.1. The van der Waals surface area contributed by atoms with Crippen LogP contribution in [0.3, 0.4) is 0 Å². The van der Waals surface area contributed by atoms with Crippen molar-refractivity contribution in [2.24, 2.45) is 0 Å². The van der Waals surface area contributed by atoms with E-state index in [1.165, 1.54) is 0 Å². The molecule has 0 aliphatic carbocycles. The summed E-state index contributed by atoms with van der Waals surface area (Å²) in [6.45, 7) is 5.86. The van der Waals surface area contributed by atoms with Gasteiger partial charge in [0.25, 0.3) is 5.91 Å². The molecule has 4 nitrogen and oxygen atoms in total. The van der Waals surface area contributed by atoms with E-state index in [1.807, 2.05) is 39.0 Å². The lowest BCUT2D eigenvalue weighted by Gasteiger charge is -2.09. The Hall–Kier alpha value is -2.10. The predicted molar refractivity (Wildman–Crippen MR) is 67.2 cm³/mol. The fourth-order valence-electron chi connectivity index (χ4n) is 1.65. The topological polar surface area (TPSA) is 57.8 Å². The molecule has 2 rings (SSSR count). The van der Waals surface area contributed by atoms with Crippen molar-refractivity contribution < 1.29 is 4.79 Å². The highest BCUT2D eigenvalue weighted by molar-refractivity contribution is 6.04. The van der Waals surface area contributed by atoms with Crippen LogP contribution >= 0.6 is 0 Å². The number of benzene rings is 1. The Morgan fingerprint density at radius 1 is 1.24 bits per heavy atom. The Morgan fingerprint density at radius 2 is 2.00 bits per heavy atom. The number of amides is 1. The summed E-state index contributed by atoms with van der Waals surface area (Å²) in [7, 11) is 0. The molecule has 0 atom stereocenters. The second-order valence-electron chi connectivity index (χ2n) is 4.13. The maximum Gasteiger partial charge on any atom is 0.273 e. The number of aryl methyl sites for hydroxylation is 2. The van der Waals surface area contributed by atoms with Gasteiger partial charge in [-0.1, -0.05) is 12.1 Å². The summed E-state index contributed by atoms with van der Waals surface area (Å²) in [5, 5.41) is 9.42. The van der Waals surface area contributed by atoms with E-state index in [4.69, 9.17) is 0 Å². The molecular formula is C13H15N3O. The maximum absolute atomic E-state index is 12.0. The molecule has 0 saturated carbocycles. The zero-order valence-electron chi connectivity index (χ0n) is 10.2. The molecule has 0 saturated heterocycles.